The smallest absolute Gasteiger partial charge is 0.0177 e. The van der Waals surface area contributed by atoms with Gasteiger partial charge in [0.05, 0.1) is 0 Å². The average Bonchev–Trinajstić information content (AvgIpc) is 1.69. The fourth-order valence-electron chi connectivity index (χ4n) is 0.198. The normalized spacial score (nSPS) is 11.0. The summed E-state index contributed by atoms with van der Waals surface area (Å²) in [5, 5.41) is 6.51. The first-order valence-corrected chi connectivity index (χ1v) is 2.03. The summed E-state index contributed by atoms with van der Waals surface area (Å²) in [5.74, 6) is 0. The molecule has 0 unspecified atom stereocenters. The number of allylic oxidation sites excluding steroid dienone is 4. The average molecular weight is 94.1 g/mol. The van der Waals surface area contributed by atoms with Crippen LogP contribution in [-0.4, -0.2) is 6.21 Å². The van der Waals surface area contributed by atoms with E-state index in [9.17, 15) is 0 Å². The van der Waals surface area contributed by atoms with Crippen molar-refractivity contribution in [2.75, 3.05) is 0 Å². The maximum absolute atomic E-state index is 6.51. The summed E-state index contributed by atoms with van der Waals surface area (Å²) < 4.78 is 0. The molecule has 0 spiro atoms. The van der Waals surface area contributed by atoms with Gasteiger partial charge in [-0.05, 0) is 13.0 Å². The number of hydrogen-bond acceptors (Lipinski definition) is 1. The Morgan fingerprint density at radius 3 is 2.29 bits per heavy atom. The van der Waals surface area contributed by atoms with Crippen molar-refractivity contribution < 1.29 is 0 Å². The lowest BCUT2D eigenvalue weighted by Crippen LogP contribution is -1.52. The van der Waals surface area contributed by atoms with Crippen LogP contribution >= 0.6 is 0 Å². The Hall–Kier alpha value is -0.850. The Morgan fingerprint density at radius 2 is 1.86 bits per heavy atom. The quantitative estimate of drug-likeness (QED) is 0.397. The minimum atomic E-state index is 1.22. The van der Waals surface area contributed by atoms with Gasteiger partial charge in [0.2, 0.25) is 0 Å². The zero-order valence-electron chi connectivity index (χ0n) is 4.09. The summed E-state index contributed by atoms with van der Waals surface area (Å²) in [4.78, 5) is 0. The maximum atomic E-state index is 6.51. The summed E-state index contributed by atoms with van der Waals surface area (Å²) in [7, 11) is 0. The second kappa shape index (κ2) is 5.15. The third-order valence-electron chi connectivity index (χ3n) is 0.455. The lowest BCUT2D eigenvalue weighted by molar-refractivity contribution is 1.58. The topological polar surface area (TPSA) is 23.9 Å². The van der Waals surface area contributed by atoms with Crippen molar-refractivity contribution in [1.29, 1.82) is 5.41 Å². The molecule has 0 aromatic rings. The van der Waals surface area contributed by atoms with Crippen molar-refractivity contribution in [2.45, 2.75) is 0 Å². The maximum Gasteiger partial charge on any atom is 0.0177 e. The fraction of sp³-hybridized carbons (Fsp3) is 0. The van der Waals surface area contributed by atoms with Crippen LogP contribution in [0.4, 0.5) is 0 Å². The molecule has 0 bridgehead atoms. The lowest BCUT2D eigenvalue weighted by Gasteiger charge is -1.64. The molecule has 0 aliphatic heterocycles. The molecular formula is C6H8N. The minimum absolute atomic E-state index is 1.22. The fourth-order valence-corrected chi connectivity index (χ4v) is 0.198. The molecule has 0 aliphatic carbocycles. The summed E-state index contributed by atoms with van der Waals surface area (Å²) >= 11 is 0. The third-order valence-corrected chi connectivity index (χ3v) is 0.455. The molecule has 0 saturated heterocycles. The number of nitrogens with one attached hydrogen (secondary N) is 1. The van der Waals surface area contributed by atoms with Crippen molar-refractivity contribution in [1.82, 2.24) is 0 Å². The highest BCUT2D eigenvalue weighted by molar-refractivity contribution is 5.68. The molecule has 0 saturated carbocycles. The molecule has 0 heterocycles. The van der Waals surface area contributed by atoms with Crippen molar-refractivity contribution in [3.8, 4) is 0 Å². The highest BCUT2D eigenvalue weighted by Gasteiger charge is 1.53. The van der Waals surface area contributed by atoms with Crippen LogP contribution in [0.3, 0.4) is 0 Å². The SMILES string of the molecule is [CH2]/C=C\C=C/C=N. The summed E-state index contributed by atoms with van der Waals surface area (Å²) in [6, 6.07) is 0. The summed E-state index contributed by atoms with van der Waals surface area (Å²) in [6.45, 7) is 3.45. The van der Waals surface area contributed by atoms with Gasteiger partial charge in [0, 0.05) is 6.21 Å². The zero-order valence-corrected chi connectivity index (χ0v) is 4.09. The Balaban J connectivity index is 3.27. The first-order valence-electron chi connectivity index (χ1n) is 2.03. The summed E-state index contributed by atoms with van der Waals surface area (Å²) in [5.41, 5.74) is 0. The molecule has 1 nitrogen and oxygen atoms in total. The van der Waals surface area contributed by atoms with E-state index in [-0.39, 0.29) is 0 Å². The van der Waals surface area contributed by atoms with Gasteiger partial charge in [-0.3, -0.25) is 0 Å². The summed E-state index contributed by atoms with van der Waals surface area (Å²) in [6.07, 6.45) is 8.03. The Labute approximate surface area is 43.9 Å². The molecule has 37 valence electrons. The number of rotatable bonds is 2. The molecule has 1 radical (unpaired) electrons. The molecule has 1 heteroatoms. The first kappa shape index (κ1) is 6.15. The number of hydrogen-bond donors (Lipinski definition) is 1. The van der Waals surface area contributed by atoms with E-state index < -0.39 is 0 Å². The van der Waals surface area contributed by atoms with Crippen molar-refractivity contribution >= 4 is 6.21 Å². The molecule has 0 aliphatic rings. The van der Waals surface area contributed by atoms with Crippen LogP contribution in [0.25, 0.3) is 0 Å². The van der Waals surface area contributed by atoms with E-state index in [1.807, 2.05) is 0 Å². The predicted molar refractivity (Wildman–Crippen MR) is 32.4 cm³/mol. The van der Waals surface area contributed by atoms with Crippen molar-refractivity contribution in [3.63, 3.8) is 0 Å². The van der Waals surface area contributed by atoms with Crippen LogP contribution in [-0.2, 0) is 0 Å². The standard InChI is InChI=1S/C6H8N/c1-2-3-4-5-6-7/h2-7H,1H2/b3-2-,5-4-,7-6?. The van der Waals surface area contributed by atoms with Gasteiger partial charge >= 0.3 is 0 Å². The van der Waals surface area contributed by atoms with E-state index in [1.54, 1.807) is 24.3 Å². The van der Waals surface area contributed by atoms with Gasteiger partial charge in [0.25, 0.3) is 0 Å². The minimum Gasteiger partial charge on any atom is -0.309 e. The van der Waals surface area contributed by atoms with Gasteiger partial charge in [-0.25, -0.2) is 0 Å². The van der Waals surface area contributed by atoms with E-state index in [0.29, 0.717) is 0 Å². The monoisotopic (exact) mass is 94.1 g/mol. The molecular weight excluding hydrogens is 86.1 g/mol. The van der Waals surface area contributed by atoms with Crippen molar-refractivity contribution in [2.24, 2.45) is 0 Å². The molecule has 7 heavy (non-hydrogen) atoms. The molecule has 0 amide bonds. The van der Waals surface area contributed by atoms with E-state index >= 15 is 0 Å². The zero-order chi connectivity index (χ0) is 5.54. The Kier molecular flexibility index (Phi) is 4.52. The van der Waals surface area contributed by atoms with Crippen LogP contribution in [0.15, 0.2) is 24.3 Å². The Bertz CT molecular complexity index is 90.4. The molecule has 1 N–H and O–H groups in total. The Morgan fingerprint density at radius 1 is 1.14 bits per heavy atom. The van der Waals surface area contributed by atoms with Crippen LogP contribution in [0.5, 0.6) is 0 Å². The van der Waals surface area contributed by atoms with Gasteiger partial charge in [0.15, 0.2) is 0 Å². The van der Waals surface area contributed by atoms with E-state index in [1.165, 1.54) is 6.21 Å². The van der Waals surface area contributed by atoms with Crippen LogP contribution in [0, 0.1) is 12.3 Å². The molecule has 0 atom stereocenters. The molecule has 0 aromatic heterocycles. The largest absolute Gasteiger partial charge is 0.309 e. The highest BCUT2D eigenvalue weighted by atomic mass is 14.3. The van der Waals surface area contributed by atoms with Crippen LogP contribution in [0.1, 0.15) is 0 Å². The lowest BCUT2D eigenvalue weighted by atomic mass is 10.4. The van der Waals surface area contributed by atoms with Gasteiger partial charge in [-0.15, -0.1) is 0 Å². The first-order chi connectivity index (χ1) is 3.41. The molecule has 0 rings (SSSR count). The second-order valence-electron chi connectivity index (χ2n) is 0.980. The van der Waals surface area contributed by atoms with Crippen LogP contribution < -0.4 is 0 Å². The van der Waals surface area contributed by atoms with Gasteiger partial charge < -0.3 is 5.41 Å². The molecule has 0 fully saturated rings. The van der Waals surface area contributed by atoms with Crippen LogP contribution in [0.2, 0.25) is 0 Å². The van der Waals surface area contributed by atoms with Gasteiger partial charge in [0.1, 0.15) is 0 Å². The van der Waals surface area contributed by atoms with Crippen molar-refractivity contribution in [3.05, 3.63) is 31.2 Å². The molecule has 0 aromatic carbocycles. The van der Waals surface area contributed by atoms with E-state index in [0.717, 1.165) is 0 Å². The third kappa shape index (κ3) is 5.15. The predicted octanol–water partition coefficient (Wildman–Crippen LogP) is 1.58. The highest BCUT2D eigenvalue weighted by Crippen LogP contribution is 1.70. The second-order valence-corrected chi connectivity index (χ2v) is 0.980. The van der Waals surface area contributed by atoms with Gasteiger partial charge in [-0.1, -0.05) is 18.2 Å². The van der Waals surface area contributed by atoms with E-state index in [2.05, 4.69) is 6.92 Å². The van der Waals surface area contributed by atoms with E-state index in [4.69, 9.17) is 5.41 Å². The van der Waals surface area contributed by atoms with Gasteiger partial charge in [-0.2, -0.15) is 0 Å².